The van der Waals surface area contributed by atoms with Crippen LogP contribution in [-0.2, 0) is 19.0 Å². The summed E-state index contributed by atoms with van der Waals surface area (Å²) in [5.41, 5.74) is 0. The summed E-state index contributed by atoms with van der Waals surface area (Å²) in [6.07, 6.45) is 1.80. The summed E-state index contributed by atoms with van der Waals surface area (Å²) in [6, 6.07) is 0. The van der Waals surface area contributed by atoms with Crippen LogP contribution < -0.4 is 0 Å². The van der Waals surface area contributed by atoms with Gasteiger partial charge in [0.15, 0.2) is 0 Å². The fourth-order valence-corrected chi connectivity index (χ4v) is 4.16. The van der Waals surface area contributed by atoms with Crippen molar-refractivity contribution in [3.05, 3.63) is 0 Å². The molecular formula is C13H19Br2ClO4. The first-order valence-corrected chi connectivity index (χ1v) is 9.06. The molecule has 0 saturated carbocycles. The van der Waals surface area contributed by atoms with Crippen LogP contribution in [-0.4, -0.2) is 52.5 Å². The van der Waals surface area contributed by atoms with Crippen molar-refractivity contribution in [2.24, 2.45) is 0 Å². The Kier molecular flexibility index (Phi) is 6.60. The van der Waals surface area contributed by atoms with Crippen LogP contribution in [0.2, 0.25) is 0 Å². The summed E-state index contributed by atoms with van der Waals surface area (Å²) in [5.74, 6) is -0.274. The van der Waals surface area contributed by atoms with E-state index in [9.17, 15) is 4.79 Å². The van der Waals surface area contributed by atoms with Crippen molar-refractivity contribution < 1.29 is 19.0 Å². The lowest BCUT2D eigenvalue weighted by atomic mass is 9.97. The maximum atomic E-state index is 11.2. The molecule has 0 aliphatic carbocycles. The van der Waals surface area contributed by atoms with Gasteiger partial charge in [0.2, 0.25) is 0 Å². The van der Waals surface area contributed by atoms with Gasteiger partial charge in [-0.25, -0.2) is 0 Å². The highest BCUT2D eigenvalue weighted by atomic mass is 79.9. The van der Waals surface area contributed by atoms with Crippen molar-refractivity contribution >= 4 is 49.4 Å². The van der Waals surface area contributed by atoms with Crippen LogP contribution in [0.5, 0.6) is 0 Å². The van der Waals surface area contributed by atoms with Crippen LogP contribution in [0.1, 0.15) is 26.2 Å². The van der Waals surface area contributed by atoms with E-state index >= 15 is 0 Å². The highest BCUT2D eigenvalue weighted by molar-refractivity contribution is 9.09. The van der Waals surface area contributed by atoms with E-state index in [0.717, 1.165) is 12.8 Å². The summed E-state index contributed by atoms with van der Waals surface area (Å²) in [6.45, 7) is 2.68. The lowest BCUT2D eigenvalue weighted by Crippen LogP contribution is -2.46. The summed E-state index contributed by atoms with van der Waals surface area (Å²) in [5, 5.41) is -0.191. The number of rotatable bonds is 1. The third kappa shape index (κ3) is 4.57. The van der Waals surface area contributed by atoms with Crippen LogP contribution >= 0.6 is 43.5 Å². The Morgan fingerprint density at radius 2 is 2.00 bits per heavy atom. The average molecular weight is 435 g/mol. The Labute approximate surface area is 141 Å². The maximum absolute atomic E-state index is 11.2. The Morgan fingerprint density at radius 3 is 2.70 bits per heavy atom. The van der Waals surface area contributed by atoms with Gasteiger partial charge in [-0.2, -0.15) is 0 Å². The third-order valence-corrected chi connectivity index (χ3v) is 5.89. The number of hydrogen-bond acceptors (Lipinski definition) is 4. The fourth-order valence-electron chi connectivity index (χ4n) is 2.58. The molecule has 2 rings (SSSR count). The molecule has 4 nitrogen and oxygen atoms in total. The molecule has 2 bridgehead atoms. The van der Waals surface area contributed by atoms with Crippen molar-refractivity contribution in [2.75, 3.05) is 13.2 Å². The van der Waals surface area contributed by atoms with Gasteiger partial charge in [0.25, 0.3) is 0 Å². The molecule has 20 heavy (non-hydrogen) atoms. The number of halogens is 3. The molecule has 6 atom stereocenters. The van der Waals surface area contributed by atoms with Gasteiger partial charge in [-0.3, -0.25) is 4.79 Å². The number of esters is 1. The number of carbonyl (C=O) groups is 1. The van der Waals surface area contributed by atoms with Gasteiger partial charge in [0.1, 0.15) is 6.10 Å². The summed E-state index contributed by atoms with van der Waals surface area (Å²) in [4.78, 5) is 11.4. The van der Waals surface area contributed by atoms with E-state index in [1.54, 1.807) is 0 Å². The molecule has 2 heterocycles. The van der Waals surface area contributed by atoms with Gasteiger partial charge in [0.05, 0.1) is 33.8 Å². The topological polar surface area (TPSA) is 44.8 Å². The third-order valence-electron chi connectivity index (χ3n) is 3.62. The lowest BCUT2D eigenvalue weighted by molar-refractivity contribution is -0.149. The molecule has 0 amide bonds. The molecule has 0 spiro atoms. The predicted octanol–water partition coefficient (Wildman–Crippen LogP) is 3.02. The van der Waals surface area contributed by atoms with E-state index in [1.165, 1.54) is 6.92 Å². The molecule has 2 aliphatic heterocycles. The van der Waals surface area contributed by atoms with Crippen LogP contribution in [0.15, 0.2) is 0 Å². The number of fused-ring (bicyclic) bond motifs is 2. The molecule has 2 aliphatic rings. The summed E-state index contributed by atoms with van der Waals surface area (Å²) < 4.78 is 17.2. The van der Waals surface area contributed by atoms with E-state index in [0.29, 0.717) is 19.6 Å². The van der Waals surface area contributed by atoms with Crippen molar-refractivity contribution in [1.82, 2.24) is 0 Å². The Morgan fingerprint density at radius 1 is 1.25 bits per heavy atom. The average Bonchev–Trinajstić information content (AvgIpc) is 2.35. The molecule has 0 aromatic carbocycles. The first-order chi connectivity index (χ1) is 9.47. The van der Waals surface area contributed by atoms with E-state index in [2.05, 4.69) is 31.9 Å². The zero-order valence-corrected chi connectivity index (χ0v) is 15.2. The van der Waals surface area contributed by atoms with Gasteiger partial charge < -0.3 is 14.2 Å². The highest BCUT2D eigenvalue weighted by Gasteiger charge is 2.38. The number of ether oxygens (including phenoxy) is 3. The van der Waals surface area contributed by atoms with Gasteiger partial charge >= 0.3 is 5.97 Å². The second kappa shape index (κ2) is 7.77. The van der Waals surface area contributed by atoms with Gasteiger partial charge in [-0.15, -0.1) is 11.6 Å². The van der Waals surface area contributed by atoms with E-state index < -0.39 is 0 Å². The smallest absolute Gasteiger partial charge is 0.302 e. The number of alkyl halides is 3. The zero-order chi connectivity index (χ0) is 14.7. The Balaban J connectivity index is 2.14. The molecule has 0 N–H and O–H groups in total. The largest absolute Gasteiger partial charge is 0.461 e. The minimum Gasteiger partial charge on any atom is -0.461 e. The van der Waals surface area contributed by atoms with Crippen molar-refractivity contribution in [2.45, 2.75) is 59.5 Å². The van der Waals surface area contributed by atoms with E-state index in [1.807, 2.05) is 0 Å². The predicted molar refractivity (Wildman–Crippen MR) is 84.0 cm³/mol. The number of carbonyl (C=O) groups excluding carboxylic acids is 1. The molecule has 0 aromatic rings. The fraction of sp³-hybridized carbons (Fsp3) is 0.923. The molecule has 7 heteroatoms. The second-order valence-corrected chi connectivity index (χ2v) is 8.16. The molecular weight excluding hydrogens is 415 g/mol. The Hall–Kier alpha value is 0.640. The van der Waals surface area contributed by atoms with E-state index in [-0.39, 0.29) is 39.3 Å². The lowest BCUT2D eigenvalue weighted by Gasteiger charge is -2.38. The minimum atomic E-state index is -0.274. The first-order valence-electron chi connectivity index (χ1n) is 6.80. The van der Waals surface area contributed by atoms with Gasteiger partial charge in [0, 0.05) is 20.0 Å². The van der Waals surface area contributed by atoms with Crippen LogP contribution in [0.25, 0.3) is 0 Å². The molecule has 116 valence electrons. The van der Waals surface area contributed by atoms with Gasteiger partial charge in [-0.1, -0.05) is 31.9 Å². The molecule has 0 radical (unpaired) electrons. The first kappa shape index (κ1) is 17.0. The molecule has 2 saturated heterocycles. The molecule has 0 unspecified atom stereocenters. The standard InChI is InChI=1S/C13H19Br2ClO4/c1-7(17)19-13-5-10(16)11-2-3-18-6-9(15)12(20-11)4-8(13)14/h8-13H,2-6H2,1H3/t8-,9-,10+,11+,12+,13+/m1/s1. The van der Waals surface area contributed by atoms with Crippen molar-refractivity contribution in [3.8, 4) is 0 Å². The summed E-state index contributed by atoms with van der Waals surface area (Å²) in [7, 11) is 0. The van der Waals surface area contributed by atoms with Crippen LogP contribution in [0.3, 0.4) is 0 Å². The monoisotopic (exact) mass is 432 g/mol. The second-order valence-electron chi connectivity index (χ2n) is 5.24. The zero-order valence-electron chi connectivity index (χ0n) is 11.3. The normalized spacial score (nSPS) is 42.8. The summed E-state index contributed by atoms with van der Waals surface area (Å²) >= 11 is 13.7. The van der Waals surface area contributed by atoms with Gasteiger partial charge in [-0.05, 0) is 12.8 Å². The van der Waals surface area contributed by atoms with Crippen molar-refractivity contribution in [3.63, 3.8) is 0 Å². The quantitative estimate of drug-likeness (QED) is 0.470. The highest BCUT2D eigenvalue weighted by Crippen LogP contribution is 2.33. The SMILES string of the molecule is CC(=O)O[C@H]1C[C@H](Cl)[C@@H]2CCOC[C@@H](Br)[C@H](C[C@H]1Br)O2. The van der Waals surface area contributed by atoms with Crippen LogP contribution in [0, 0.1) is 0 Å². The molecule has 0 aromatic heterocycles. The van der Waals surface area contributed by atoms with E-state index in [4.69, 9.17) is 25.8 Å². The molecule has 2 fully saturated rings. The Bertz CT molecular complexity index is 344. The van der Waals surface area contributed by atoms with Crippen molar-refractivity contribution in [1.29, 1.82) is 0 Å². The minimum absolute atomic E-state index is 0.00992. The number of hydrogen-bond donors (Lipinski definition) is 0. The van der Waals surface area contributed by atoms with Crippen LogP contribution in [0.4, 0.5) is 0 Å². The maximum Gasteiger partial charge on any atom is 0.302 e.